The predicted octanol–water partition coefficient (Wildman–Crippen LogP) is 4.10. The molecule has 0 bridgehead atoms. The van der Waals surface area contributed by atoms with Crippen molar-refractivity contribution < 1.29 is 13.9 Å². The van der Waals surface area contributed by atoms with Crippen LogP contribution in [0.5, 0.6) is 0 Å². The Kier molecular flexibility index (Phi) is 7.20. The lowest BCUT2D eigenvalue weighted by Gasteiger charge is -2.25. The van der Waals surface area contributed by atoms with Gasteiger partial charge in [-0.15, -0.1) is 11.8 Å². The van der Waals surface area contributed by atoms with Crippen molar-refractivity contribution in [1.29, 1.82) is 0 Å². The number of allylic oxidation sites excluding steroid dienone is 1. The van der Waals surface area contributed by atoms with E-state index in [-0.39, 0.29) is 12.2 Å². The molecule has 188 valence electrons. The summed E-state index contributed by atoms with van der Waals surface area (Å²) in [5, 5.41) is 0. The zero-order chi connectivity index (χ0) is 25.2. The van der Waals surface area contributed by atoms with E-state index in [2.05, 4.69) is 9.89 Å². The van der Waals surface area contributed by atoms with E-state index in [0.29, 0.717) is 26.4 Å². The van der Waals surface area contributed by atoms with E-state index >= 15 is 0 Å². The van der Waals surface area contributed by atoms with Crippen molar-refractivity contribution in [2.24, 2.45) is 4.99 Å². The van der Waals surface area contributed by atoms with Gasteiger partial charge in [-0.3, -0.25) is 9.36 Å². The van der Waals surface area contributed by atoms with Gasteiger partial charge in [0.1, 0.15) is 5.76 Å². The van der Waals surface area contributed by atoms with Crippen LogP contribution in [0.3, 0.4) is 0 Å². The van der Waals surface area contributed by atoms with Gasteiger partial charge >= 0.3 is 5.97 Å². The summed E-state index contributed by atoms with van der Waals surface area (Å²) >= 11 is 2.94. The van der Waals surface area contributed by atoms with Crippen molar-refractivity contribution >= 4 is 41.0 Å². The fraction of sp³-hybridized carbons (Fsp3) is 0.370. The number of rotatable bonds is 6. The summed E-state index contributed by atoms with van der Waals surface area (Å²) < 4.78 is 13.6. The number of furan rings is 1. The second kappa shape index (κ2) is 10.5. The summed E-state index contributed by atoms with van der Waals surface area (Å²) in [4.78, 5) is 35.3. The minimum absolute atomic E-state index is 0.206. The molecule has 36 heavy (non-hydrogen) atoms. The van der Waals surface area contributed by atoms with Crippen LogP contribution in [0.2, 0.25) is 0 Å². The van der Waals surface area contributed by atoms with E-state index in [1.54, 1.807) is 36.3 Å². The van der Waals surface area contributed by atoms with Crippen LogP contribution in [0.1, 0.15) is 50.5 Å². The summed E-state index contributed by atoms with van der Waals surface area (Å²) in [7, 11) is 0. The van der Waals surface area contributed by atoms with Crippen LogP contribution >= 0.6 is 23.1 Å². The fourth-order valence-electron chi connectivity index (χ4n) is 4.73. The SMILES string of the molecule is CCOC(=O)C1=C(C)N=c2s/c(=C\c3ccc(N4CCCCC4)o3)c(=O)n2[C@@H]1c1ccc(SC)cc1. The molecular weight excluding hydrogens is 494 g/mol. The first-order valence-electron chi connectivity index (χ1n) is 12.2. The molecule has 4 heterocycles. The van der Waals surface area contributed by atoms with E-state index in [1.165, 1.54) is 17.8 Å². The third-order valence-corrected chi connectivity index (χ3v) is 8.23. The van der Waals surface area contributed by atoms with Crippen LogP contribution in [0.15, 0.2) is 66.8 Å². The molecule has 0 spiro atoms. The minimum Gasteiger partial charge on any atom is -0.463 e. The van der Waals surface area contributed by atoms with E-state index in [0.717, 1.165) is 42.3 Å². The maximum Gasteiger partial charge on any atom is 0.338 e. The molecule has 1 atom stereocenters. The van der Waals surface area contributed by atoms with E-state index in [9.17, 15) is 9.59 Å². The van der Waals surface area contributed by atoms with Gasteiger partial charge in [-0.05, 0) is 63.1 Å². The van der Waals surface area contributed by atoms with Crippen LogP contribution in [-0.2, 0) is 9.53 Å². The third kappa shape index (κ3) is 4.69. The van der Waals surface area contributed by atoms with Crippen LogP contribution in [0, 0.1) is 0 Å². The molecule has 9 heteroatoms. The van der Waals surface area contributed by atoms with Crippen molar-refractivity contribution in [3.8, 4) is 0 Å². The Hall–Kier alpha value is -3.04. The standard InChI is InChI=1S/C27H29N3O4S2/c1-4-33-26(32)23-17(2)28-27-30(24(23)18-8-11-20(35-3)12-9-18)25(31)21(36-27)16-19-10-13-22(34-19)29-14-6-5-7-15-29/h8-13,16,24H,4-7,14-15H2,1-3H3/b21-16-/t24-/m1/s1. The van der Waals surface area contributed by atoms with Crippen molar-refractivity contribution in [3.05, 3.63) is 78.7 Å². The first-order chi connectivity index (χ1) is 17.5. The predicted molar refractivity (Wildman–Crippen MR) is 143 cm³/mol. The number of thiazole rings is 1. The van der Waals surface area contributed by atoms with Gasteiger partial charge in [-0.2, -0.15) is 0 Å². The monoisotopic (exact) mass is 523 g/mol. The number of benzene rings is 1. The smallest absolute Gasteiger partial charge is 0.338 e. The van der Waals surface area contributed by atoms with Crippen molar-refractivity contribution in [1.82, 2.24) is 4.57 Å². The summed E-state index contributed by atoms with van der Waals surface area (Å²) in [5.74, 6) is 1.01. The maximum atomic E-state index is 13.7. The molecule has 0 N–H and O–H groups in total. The highest BCUT2D eigenvalue weighted by atomic mass is 32.2. The highest BCUT2D eigenvalue weighted by molar-refractivity contribution is 7.98. The number of fused-ring (bicyclic) bond motifs is 1. The molecule has 0 aliphatic carbocycles. The largest absolute Gasteiger partial charge is 0.463 e. The zero-order valence-electron chi connectivity index (χ0n) is 20.7. The second-order valence-corrected chi connectivity index (χ2v) is 10.7. The number of hydrogen-bond donors (Lipinski definition) is 0. The second-order valence-electron chi connectivity index (χ2n) is 8.80. The summed E-state index contributed by atoms with van der Waals surface area (Å²) in [6, 6.07) is 11.2. The van der Waals surface area contributed by atoms with Gasteiger partial charge < -0.3 is 14.1 Å². The number of carbonyl (C=O) groups excluding carboxylic acids is 1. The maximum absolute atomic E-state index is 13.7. The van der Waals surface area contributed by atoms with Crippen molar-refractivity contribution in [2.45, 2.75) is 44.0 Å². The van der Waals surface area contributed by atoms with E-state index in [1.807, 2.05) is 42.7 Å². The number of piperidine rings is 1. The van der Waals surface area contributed by atoms with Gasteiger partial charge in [0.15, 0.2) is 10.7 Å². The van der Waals surface area contributed by atoms with Gasteiger partial charge in [-0.1, -0.05) is 23.5 Å². The number of ether oxygens (including phenoxy) is 1. The molecule has 1 fully saturated rings. The molecule has 0 amide bonds. The Morgan fingerprint density at radius 1 is 1.19 bits per heavy atom. The van der Waals surface area contributed by atoms with Crippen LogP contribution in [-0.4, -0.2) is 36.5 Å². The van der Waals surface area contributed by atoms with E-state index in [4.69, 9.17) is 9.15 Å². The van der Waals surface area contributed by atoms with Gasteiger partial charge in [-0.25, -0.2) is 9.79 Å². The summed E-state index contributed by atoms with van der Waals surface area (Å²) in [6.45, 7) is 5.79. The lowest BCUT2D eigenvalue weighted by molar-refractivity contribution is -0.139. The number of carbonyl (C=O) groups is 1. The van der Waals surface area contributed by atoms with Gasteiger partial charge in [0.2, 0.25) is 0 Å². The van der Waals surface area contributed by atoms with Crippen molar-refractivity contribution in [2.75, 3.05) is 30.9 Å². The normalized spacial score (nSPS) is 18.2. The van der Waals surface area contributed by atoms with Gasteiger partial charge in [0.25, 0.3) is 5.56 Å². The molecule has 2 aliphatic rings. The highest BCUT2D eigenvalue weighted by Gasteiger charge is 2.33. The van der Waals surface area contributed by atoms with Gasteiger partial charge in [0, 0.05) is 30.1 Å². The third-order valence-electron chi connectivity index (χ3n) is 6.50. The Labute approximate surface area is 217 Å². The molecule has 3 aromatic rings. The summed E-state index contributed by atoms with van der Waals surface area (Å²) in [5.41, 5.74) is 1.58. The molecule has 0 unspecified atom stereocenters. The molecular formula is C27H29N3O4S2. The molecule has 1 aromatic carbocycles. The average Bonchev–Trinajstić information content (AvgIpc) is 3.48. The van der Waals surface area contributed by atoms with Crippen LogP contribution < -0.4 is 19.8 Å². The Balaban J connectivity index is 1.60. The average molecular weight is 524 g/mol. The molecule has 7 nitrogen and oxygen atoms in total. The highest BCUT2D eigenvalue weighted by Crippen LogP contribution is 2.31. The van der Waals surface area contributed by atoms with Gasteiger partial charge in [0.05, 0.1) is 28.5 Å². The summed E-state index contributed by atoms with van der Waals surface area (Å²) in [6.07, 6.45) is 7.36. The molecule has 1 saturated heterocycles. The Morgan fingerprint density at radius 2 is 1.94 bits per heavy atom. The Morgan fingerprint density at radius 3 is 2.64 bits per heavy atom. The topological polar surface area (TPSA) is 77.0 Å². The molecule has 0 saturated carbocycles. The lowest BCUT2D eigenvalue weighted by Crippen LogP contribution is -2.39. The number of aromatic nitrogens is 1. The number of anilines is 1. The van der Waals surface area contributed by atoms with E-state index < -0.39 is 12.0 Å². The molecule has 2 aromatic heterocycles. The minimum atomic E-state index is -0.612. The molecule has 5 rings (SSSR count). The lowest BCUT2D eigenvalue weighted by atomic mass is 9.96. The number of thioether (sulfide) groups is 1. The first-order valence-corrected chi connectivity index (χ1v) is 14.2. The Bertz CT molecular complexity index is 1470. The quantitative estimate of drug-likeness (QED) is 0.358. The number of hydrogen-bond acceptors (Lipinski definition) is 8. The molecule has 0 radical (unpaired) electrons. The van der Waals surface area contributed by atoms with Crippen LogP contribution in [0.4, 0.5) is 5.88 Å². The fourth-order valence-corrected chi connectivity index (χ4v) is 6.16. The number of nitrogens with zero attached hydrogens (tertiary/aromatic N) is 3. The number of esters is 1. The first kappa shape index (κ1) is 24.6. The van der Waals surface area contributed by atoms with Crippen molar-refractivity contribution in [3.63, 3.8) is 0 Å². The zero-order valence-corrected chi connectivity index (χ0v) is 22.3. The van der Waals surface area contributed by atoms with Crippen LogP contribution in [0.25, 0.3) is 6.08 Å². The molecule has 2 aliphatic heterocycles.